The number of carbonyl (C=O) groups excluding carboxylic acids is 1. The number of nitrogens with one attached hydrogen (secondary N) is 1. The van der Waals surface area contributed by atoms with Gasteiger partial charge in [-0.15, -0.1) is 0 Å². The SMILES string of the molecule is Cc1c(NC(=O)CCN2CCC(C3OCCO3)CC2)c(=O)n(-c2ccccc2)n1C. The zero-order valence-corrected chi connectivity index (χ0v) is 17.7. The standard InChI is InChI=1S/C22H30N4O4/c1-16-20(21(28)26(24(16)2)18-6-4-3-5-7-18)23-19(27)10-13-25-11-8-17(9-12-25)22-29-14-15-30-22/h3-7,17,22H,8-15H2,1-2H3,(H,23,27). The molecule has 2 aliphatic rings. The molecule has 1 N–H and O–H groups in total. The van der Waals surface area contributed by atoms with Gasteiger partial charge in [-0.1, -0.05) is 18.2 Å². The minimum atomic E-state index is -0.216. The highest BCUT2D eigenvalue weighted by molar-refractivity contribution is 5.91. The van der Waals surface area contributed by atoms with Crippen molar-refractivity contribution in [1.29, 1.82) is 0 Å². The minimum absolute atomic E-state index is 0.0525. The first-order valence-corrected chi connectivity index (χ1v) is 10.6. The molecule has 1 aromatic heterocycles. The van der Waals surface area contributed by atoms with Gasteiger partial charge in [0.25, 0.3) is 5.56 Å². The Balaban J connectivity index is 1.32. The van der Waals surface area contributed by atoms with E-state index in [-0.39, 0.29) is 17.8 Å². The summed E-state index contributed by atoms with van der Waals surface area (Å²) in [4.78, 5) is 27.8. The van der Waals surface area contributed by atoms with Crippen LogP contribution in [0.5, 0.6) is 0 Å². The van der Waals surface area contributed by atoms with Crippen molar-refractivity contribution in [1.82, 2.24) is 14.3 Å². The molecule has 0 atom stereocenters. The molecule has 4 rings (SSSR count). The third kappa shape index (κ3) is 4.35. The van der Waals surface area contributed by atoms with Crippen molar-refractivity contribution in [3.63, 3.8) is 0 Å². The van der Waals surface area contributed by atoms with Crippen LogP contribution in [-0.4, -0.2) is 59.3 Å². The average molecular weight is 415 g/mol. The second kappa shape index (κ2) is 9.16. The van der Waals surface area contributed by atoms with Crippen LogP contribution >= 0.6 is 0 Å². The second-order valence-electron chi connectivity index (χ2n) is 8.02. The van der Waals surface area contributed by atoms with E-state index in [0.717, 1.165) is 37.3 Å². The first-order chi connectivity index (χ1) is 14.5. The fourth-order valence-electron chi connectivity index (χ4n) is 4.27. The number of hydrogen-bond donors (Lipinski definition) is 1. The lowest BCUT2D eigenvalue weighted by atomic mass is 9.96. The van der Waals surface area contributed by atoms with E-state index < -0.39 is 0 Å². The van der Waals surface area contributed by atoms with E-state index in [9.17, 15) is 9.59 Å². The molecule has 3 heterocycles. The molecule has 2 aromatic rings. The number of piperidine rings is 1. The second-order valence-corrected chi connectivity index (χ2v) is 8.02. The summed E-state index contributed by atoms with van der Waals surface area (Å²) < 4.78 is 14.6. The molecule has 0 unspecified atom stereocenters. The lowest BCUT2D eigenvalue weighted by Gasteiger charge is -2.33. The fraction of sp³-hybridized carbons (Fsp3) is 0.545. The highest BCUT2D eigenvalue weighted by Crippen LogP contribution is 2.25. The smallest absolute Gasteiger partial charge is 0.295 e. The zero-order valence-electron chi connectivity index (χ0n) is 17.7. The lowest BCUT2D eigenvalue weighted by Crippen LogP contribution is -2.39. The number of anilines is 1. The number of benzene rings is 1. The van der Waals surface area contributed by atoms with E-state index in [1.807, 2.05) is 44.3 Å². The number of rotatable bonds is 6. The van der Waals surface area contributed by atoms with Crippen LogP contribution in [0, 0.1) is 12.8 Å². The van der Waals surface area contributed by atoms with Gasteiger partial charge in [0.1, 0.15) is 5.69 Å². The number of nitrogens with zero attached hydrogens (tertiary/aromatic N) is 3. The van der Waals surface area contributed by atoms with Crippen LogP contribution in [-0.2, 0) is 21.3 Å². The highest BCUT2D eigenvalue weighted by atomic mass is 16.7. The van der Waals surface area contributed by atoms with Gasteiger partial charge < -0.3 is 19.7 Å². The zero-order chi connectivity index (χ0) is 21.1. The van der Waals surface area contributed by atoms with Crippen molar-refractivity contribution in [2.45, 2.75) is 32.5 Å². The highest BCUT2D eigenvalue weighted by Gasteiger charge is 2.30. The van der Waals surface area contributed by atoms with Crippen molar-refractivity contribution in [3.8, 4) is 5.69 Å². The molecular formula is C22H30N4O4. The molecule has 0 saturated carbocycles. The van der Waals surface area contributed by atoms with Gasteiger partial charge in [0.2, 0.25) is 5.91 Å². The molecule has 8 heteroatoms. The van der Waals surface area contributed by atoms with Crippen molar-refractivity contribution in [3.05, 3.63) is 46.4 Å². The predicted octanol–water partition coefficient (Wildman–Crippen LogP) is 1.90. The molecule has 1 amide bonds. The van der Waals surface area contributed by atoms with E-state index in [1.165, 1.54) is 0 Å². The van der Waals surface area contributed by atoms with Gasteiger partial charge in [0.15, 0.2) is 6.29 Å². The van der Waals surface area contributed by atoms with E-state index in [4.69, 9.17) is 9.47 Å². The Labute approximate surface area is 176 Å². The van der Waals surface area contributed by atoms with Crippen LogP contribution in [0.4, 0.5) is 5.69 Å². The van der Waals surface area contributed by atoms with Crippen LogP contribution in [0.2, 0.25) is 0 Å². The van der Waals surface area contributed by atoms with E-state index in [0.29, 0.717) is 37.8 Å². The number of ether oxygens (including phenoxy) is 2. The van der Waals surface area contributed by atoms with Crippen LogP contribution in [0.3, 0.4) is 0 Å². The van der Waals surface area contributed by atoms with Gasteiger partial charge in [0, 0.05) is 25.9 Å². The Hall–Kier alpha value is -2.42. The van der Waals surface area contributed by atoms with Gasteiger partial charge in [-0.05, 0) is 45.0 Å². The van der Waals surface area contributed by atoms with Crippen molar-refractivity contribution < 1.29 is 14.3 Å². The normalized spacial score (nSPS) is 18.7. The van der Waals surface area contributed by atoms with E-state index >= 15 is 0 Å². The maximum Gasteiger partial charge on any atom is 0.295 e. The third-order valence-corrected chi connectivity index (χ3v) is 6.14. The van der Waals surface area contributed by atoms with Crippen molar-refractivity contribution in [2.24, 2.45) is 13.0 Å². The van der Waals surface area contributed by atoms with E-state index in [1.54, 1.807) is 9.36 Å². The Morgan fingerprint density at radius 3 is 2.47 bits per heavy atom. The molecule has 2 saturated heterocycles. The molecule has 8 nitrogen and oxygen atoms in total. The summed E-state index contributed by atoms with van der Waals surface area (Å²) in [5, 5.41) is 2.84. The molecule has 162 valence electrons. The summed E-state index contributed by atoms with van der Waals surface area (Å²) in [5.74, 6) is 0.312. The largest absolute Gasteiger partial charge is 0.350 e. The minimum Gasteiger partial charge on any atom is -0.350 e. The topological polar surface area (TPSA) is 77.7 Å². The average Bonchev–Trinajstić information content (AvgIpc) is 3.37. The number of amides is 1. The number of hydrogen-bond acceptors (Lipinski definition) is 5. The van der Waals surface area contributed by atoms with Crippen molar-refractivity contribution in [2.75, 3.05) is 38.2 Å². The fourth-order valence-corrected chi connectivity index (χ4v) is 4.27. The quantitative estimate of drug-likeness (QED) is 0.781. The van der Waals surface area contributed by atoms with Crippen LogP contribution < -0.4 is 10.9 Å². The summed E-state index contributed by atoms with van der Waals surface area (Å²) in [6.45, 7) is 5.78. The molecule has 0 bridgehead atoms. The van der Waals surface area contributed by atoms with Gasteiger partial charge in [-0.25, -0.2) is 4.68 Å². The van der Waals surface area contributed by atoms with Gasteiger partial charge in [-0.3, -0.25) is 14.3 Å². The summed E-state index contributed by atoms with van der Waals surface area (Å²) in [5.41, 5.74) is 1.63. The summed E-state index contributed by atoms with van der Waals surface area (Å²) in [6, 6.07) is 9.42. The Morgan fingerprint density at radius 1 is 1.13 bits per heavy atom. The monoisotopic (exact) mass is 414 g/mol. The first-order valence-electron chi connectivity index (χ1n) is 10.6. The Morgan fingerprint density at radius 2 is 1.80 bits per heavy atom. The summed E-state index contributed by atoms with van der Waals surface area (Å²) in [6.07, 6.45) is 2.35. The van der Waals surface area contributed by atoms with Gasteiger partial charge in [0.05, 0.1) is 24.6 Å². The molecule has 30 heavy (non-hydrogen) atoms. The number of aromatic nitrogens is 2. The third-order valence-electron chi connectivity index (χ3n) is 6.14. The molecule has 2 fully saturated rings. The Kier molecular flexibility index (Phi) is 6.36. The number of likely N-dealkylation sites (tertiary alicyclic amines) is 1. The molecule has 1 aromatic carbocycles. The first kappa shape index (κ1) is 20.8. The molecule has 0 radical (unpaired) electrons. The van der Waals surface area contributed by atoms with Crippen LogP contribution in [0.1, 0.15) is 25.0 Å². The number of carbonyl (C=O) groups is 1. The molecule has 2 aliphatic heterocycles. The van der Waals surface area contributed by atoms with Gasteiger partial charge in [-0.2, -0.15) is 0 Å². The maximum absolute atomic E-state index is 12.9. The molecule has 0 aliphatic carbocycles. The van der Waals surface area contributed by atoms with Crippen molar-refractivity contribution >= 4 is 11.6 Å². The maximum atomic E-state index is 12.9. The molecular weight excluding hydrogens is 384 g/mol. The van der Waals surface area contributed by atoms with Crippen LogP contribution in [0.25, 0.3) is 5.69 Å². The summed E-state index contributed by atoms with van der Waals surface area (Å²) >= 11 is 0. The molecule has 0 spiro atoms. The van der Waals surface area contributed by atoms with Gasteiger partial charge >= 0.3 is 0 Å². The predicted molar refractivity (Wildman–Crippen MR) is 114 cm³/mol. The Bertz CT molecular complexity index is 923. The summed E-state index contributed by atoms with van der Waals surface area (Å²) in [7, 11) is 1.82. The van der Waals surface area contributed by atoms with E-state index in [2.05, 4.69) is 10.2 Å². The van der Waals surface area contributed by atoms with Crippen LogP contribution in [0.15, 0.2) is 35.1 Å². The lowest BCUT2D eigenvalue weighted by molar-refractivity contribution is -0.117. The number of para-hydroxylation sites is 1.